The summed E-state index contributed by atoms with van der Waals surface area (Å²) in [6.45, 7) is 0. The van der Waals surface area contributed by atoms with Crippen LogP contribution in [0.5, 0.6) is 5.75 Å². The molecule has 0 aliphatic rings. The fourth-order valence-electron chi connectivity index (χ4n) is 3.50. The van der Waals surface area contributed by atoms with E-state index in [0.29, 0.717) is 22.5 Å². The van der Waals surface area contributed by atoms with Crippen LogP contribution in [0.4, 0.5) is 0 Å². The number of ether oxygens (including phenoxy) is 2. The molecule has 1 aromatic heterocycles. The molecular formula is C25H20O4. The molecule has 0 aliphatic heterocycles. The molecule has 4 nitrogen and oxygen atoms in total. The Hall–Kier alpha value is -3.79. The molecule has 0 radical (unpaired) electrons. The molecule has 4 aromatic rings. The molecule has 0 saturated heterocycles. The zero-order valence-electron chi connectivity index (χ0n) is 16.2. The second-order valence-electron chi connectivity index (χ2n) is 6.43. The minimum Gasteiger partial charge on any atom is -0.495 e. The zero-order chi connectivity index (χ0) is 20.2. The second-order valence-corrected chi connectivity index (χ2v) is 6.43. The van der Waals surface area contributed by atoms with E-state index in [0.717, 1.165) is 16.7 Å². The van der Waals surface area contributed by atoms with E-state index in [1.807, 2.05) is 78.9 Å². The highest BCUT2D eigenvalue weighted by molar-refractivity contribution is 5.99. The lowest BCUT2D eigenvalue weighted by atomic mass is 9.94. The second kappa shape index (κ2) is 8.07. The van der Waals surface area contributed by atoms with Crippen LogP contribution in [0.1, 0.15) is 16.7 Å². The minimum absolute atomic E-state index is 0.261. The third-order valence-electron chi connectivity index (χ3n) is 4.75. The first-order chi connectivity index (χ1) is 14.2. The molecule has 0 amide bonds. The summed E-state index contributed by atoms with van der Waals surface area (Å²) in [4.78, 5) is 13.0. The standard InChI is InChI=1S/C25H20O4/c1-27-23-19-15-9-10-16-20(19)29-25(26)22(23)24(28-2)21(17-11-5-3-6-12-17)18-13-7-4-8-14-18/h3-16H,1-2H3. The monoisotopic (exact) mass is 384 g/mol. The minimum atomic E-state index is -0.512. The molecule has 0 saturated carbocycles. The van der Waals surface area contributed by atoms with Crippen LogP contribution >= 0.6 is 0 Å². The average Bonchev–Trinajstić information content (AvgIpc) is 2.78. The van der Waals surface area contributed by atoms with Crippen molar-refractivity contribution in [1.82, 2.24) is 0 Å². The van der Waals surface area contributed by atoms with Crippen LogP contribution in [0.25, 0.3) is 22.3 Å². The molecule has 0 spiro atoms. The van der Waals surface area contributed by atoms with Gasteiger partial charge in [0.2, 0.25) is 0 Å². The third kappa shape index (κ3) is 3.41. The summed E-state index contributed by atoms with van der Waals surface area (Å²) in [5, 5.41) is 0.708. The van der Waals surface area contributed by atoms with Crippen LogP contribution in [-0.4, -0.2) is 14.2 Å². The van der Waals surface area contributed by atoms with Gasteiger partial charge in [-0.15, -0.1) is 0 Å². The molecule has 3 aromatic carbocycles. The summed E-state index contributed by atoms with van der Waals surface area (Å²) in [5.41, 5.74) is 2.84. The predicted molar refractivity (Wildman–Crippen MR) is 115 cm³/mol. The number of rotatable bonds is 5. The van der Waals surface area contributed by atoms with Crippen molar-refractivity contribution in [2.75, 3.05) is 14.2 Å². The van der Waals surface area contributed by atoms with Crippen LogP contribution in [0.2, 0.25) is 0 Å². The highest BCUT2D eigenvalue weighted by Crippen LogP contribution is 2.37. The van der Waals surface area contributed by atoms with E-state index >= 15 is 0 Å². The fourth-order valence-corrected chi connectivity index (χ4v) is 3.50. The fraction of sp³-hybridized carbons (Fsp3) is 0.0800. The predicted octanol–water partition coefficient (Wildman–Crippen LogP) is 5.36. The molecule has 144 valence electrons. The first kappa shape index (κ1) is 18.6. The summed E-state index contributed by atoms with van der Waals surface area (Å²) < 4.78 is 17.1. The number of methoxy groups -OCH3 is 2. The number of benzene rings is 3. The van der Waals surface area contributed by atoms with Gasteiger partial charge in [0.25, 0.3) is 0 Å². The van der Waals surface area contributed by atoms with Gasteiger partial charge in [-0.05, 0) is 23.3 Å². The molecule has 4 rings (SSSR count). The van der Waals surface area contributed by atoms with E-state index < -0.39 is 5.63 Å². The van der Waals surface area contributed by atoms with E-state index in [2.05, 4.69) is 0 Å². The maximum absolute atomic E-state index is 13.0. The lowest BCUT2D eigenvalue weighted by Crippen LogP contribution is -2.12. The van der Waals surface area contributed by atoms with Crippen molar-refractivity contribution in [3.63, 3.8) is 0 Å². The van der Waals surface area contributed by atoms with E-state index in [9.17, 15) is 4.79 Å². The van der Waals surface area contributed by atoms with Crippen molar-refractivity contribution in [3.8, 4) is 5.75 Å². The van der Waals surface area contributed by atoms with E-state index in [4.69, 9.17) is 13.9 Å². The van der Waals surface area contributed by atoms with Crippen LogP contribution in [0.3, 0.4) is 0 Å². The normalized spacial score (nSPS) is 10.6. The summed E-state index contributed by atoms with van der Waals surface area (Å²) in [5.74, 6) is 0.830. The molecule has 29 heavy (non-hydrogen) atoms. The quantitative estimate of drug-likeness (QED) is 0.343. The molecule has 0 bridgehead atoms. The van der Waals surface area contributed by atoms with E-state index in [-0.39, 0.29) is 5.56 Å². The van der Waals surface area contributed by atoms with Crippen molar-refractivity contribution in [2.45, 2.75) is 0 Å². The number of hydrogen-bond acceptors (Lipinski definition) is 4. The van der Waals surface area contributed by atoms with Gasteiger partial charge in [-0.2, -0.15) is 0 Å². The summed E-state index contributed by atoms with van der Waals surface area (Å²) in [7, 11) is 3.10. The topological polar surface area (TPSA) is 48.7 Å². The Bertz CT molecular complexity index is 1180. The number of para-hydroxylation sites is 1. The Morgan fingerprint density at radius 2 is 1.31 bits per heavy atom. The Labute approximate surface area is 168 Å². The first-order valence-electron chi connectivity index (χ1n) is 9.24. The highest BCUT2D eigenvalue weighted by atomic mass is 16.5. The molecule has 0 N–H and O–H groups in total. The smallest absolute Gasteiger partial charge is 0.351 e. The molecule has 0 aliphatic carbocycles. The van der Waals surface area contributed by atoms with Crippen molar-refractivity contribution in [2.24, 2.45) is 0 Å². The molecule has 4 heteroatoms. The molecule has 0 atom stereocenters. The summed E-state index contributed by atoms with van der Waals surface area (Å²) in [6.07, 6.45) is 0. The average molecular weight is 384 g/mol. The maximum atomic E-state index is 13.0. The first-order valence-corrected chi connectivity index (χ1v) is 9.24. The molecule has 1 heterocycles. The largest absolute Gasteiger partial charge is 0.495 e. The van der Waals surface area contributed by atoms with Gasteiger partial charge in [-0.25, -0.2) is 4.79 Å². The van der Waals surface area contributed by atoms with Crippen molar-refractivity contribution in [1.29, 1.82) is 0 Å². The molecular weight excluding hydrogens is 364 g/mol. The SMILES string of the molecule is COC(=C(c1ccccc1)c1ccccc1)c1c(OC)c2ccccc2oc1=O. The summed E-state index contributed by atoms with van der Waals surface area (Å²) >= 11 is 0. The van der Waals surface area contributed by atoms with Crippen molar-refractivity contribution >= 4 is 22.3 Å². The van der Waals surface area contributed by atoms with Crippen LogP contribution < -0.4 is 10.4 Å². The lowest BCUT2D eigenvalue weighted by Gasteiger charge is -2.17. The van der Waals surface area contributed by atoms with Crippen molar-refractivity contribution < 1.29 is 13.9 Å². The van der Waals surface area contributed by atoms with Crippen molar-refractivity contribution in [3.05, 3.63) is 112 Å². The lowest BCUT2D eigenvalue weighted by molar-refractivity contribution is 0.359. The van der Waals surface area contributed by atoms with Gasteiger partial charge in [0, 0.05) is 5.57 Å². The molecule has 0 fully saturated rings. The van der Waals surface area contributed by atoms with Crippen LogP contribution in [0, 0.1) is 0 Å². The van der Waals surface area contributed by atoms with Gasteiger partial charge in [-0.1, -0.05) is 72.8 Å². The number of hydrogen-bond donors (Lipinski definition) is 0. The van der Waals surface area contributed by atoms with Gasteiger partial charge in [0.1, 0.15) is 22.7 Å². The van der Waals surface area contributed by atoms with E-state index in [1.54, 1.807) is 20.3 Å². The Kier molecular flexibility index (Phi) is 5.16. The molecule has 0 unspecified atom stereocenters. The zero-order valence-corrected chi connectivity index (χ0v) is 16.2. The third-order valence-corrected chi connectivity index (χ3v) is 4.75. The number of fused-ring (bicyclic) bond motifs is 1. The van der Waals surface area contributed by atoms with Gasteiger partial charge in [0.05, 0.1) is 19.6 Å². The summed E-state index contributed by atoms with van der Waals surface area (Å²) in [6, 6.07) is 26.9. The van der Waals surface area contributed by atoms with Gasteiger partial charge >= 0.3 is 5.63 Å². The van der Waals surface area contributed by atoms with Gasteiger partial charge in [0.15, 0.2) is 0 Å². The van der Waals surface area contributed by atoms with Gasteiger partial charge in [-0.3, -0.25) is 0 Å². The van der Waals surface area contributed by atoms with Gasteiger partial charge < -0.3 is 13.9 Å². The Morgan fingerprint density at radius 1 is 0.759 bits per heavy atom. The van der Waals surface area contributed by atoms with E-state index in [1.165, 1.54) is 0 Å². The Morgan fingerprint density at radius 3 is 1.86 bits per heavy atom. The maximum Gasteiger partial charge on any atom is 0.351 e. The highest BCUT2D eigenvalue weighted by Gasteiger charge is 2.24. The van der Waals surface area contributed by atoms with Crippen LogP contribution in [-0.2, 0) is 4.74 Å². The Balaban J connectivity index is 2.13. The van der Waals surface area contributed by atoms with Crippen LogP contribution in [0.15, 0.2) is 94.1 Å².